The van der Waals surface area contributed by atoms with Crippen molar-refractivity contribution in [2.45, 2.75) is 39.5 Å². The predicted octanol–water partition coefficient (Wildman–Crippen LogP) is 2.55. The summed E-state index contributed by atoms with van der Waals surface area (Å²) in [5.74, 6) is 0.0336. The third kappa shape index (κ3) is 9.85. The summed E-state index contributed by atoms with van der Waals surface area (Å²) >= 11 is 0. The van der Waals surface area contributed by atoms with Gasteiger partial charge in [-0.2, -0.15) is 0 Å². The molecular formula is C16H28N2O3. The van der Waals surface area contributed by atoms with Crippen LogP contribution in [0.3, 0.4) is 0 Å². The molecule has 0 aliphatic heterocycles. The molecule has 0 aromatic heterocycles. The lowest BCUT2D eigenvalue weighted by Gasteiger charge is -2.16. The zero-order chi connectivity index (χ0) is 16.1. The second kappa shape index (κ2) is 12.1. The fourth-order valence-electron chi connectivity index (χ4n) is 1.83. The van der Waals surface area contributed by atoms with Gasteiger partial charge < -0.3 is 14.5 Å². The highest BCUT2D eigenvalue weighted by molar-refractivity contribution is 5.74. The number of nitrogens with zero attached hydrogens (tertiary/aromatic N) is 2. The van der Waals surface area contributed by atoms with Gasteiger partial charge in [0.1, 0.15) is 0 Å². The number of unbranched alkanes of at least 4 members (excludes halogenated alkanes) is 2. The lowest BCUT2D eigenvalue weighted by Crippen LogP contribution is -2.24. The van der Waals surface area contributed by atoms with Crippen LogP contribution in [0, 0.1) is 0 Å². The Kier molecular flexibility index (Phi) is 11.2. The molecule has 0 atom stereocenters. The maximum Gasteiger partial charge on any atom is 0.223 e. The maximum absolute atomic E-state index is 11.1. The molecule has 5 nitrogen and oxygen atoms in total. The van der Waals surface area contributed by atoms with E-state index in [2.05, 4.69) is 13.2 Å². The van der Waals surface area contributed by atoms with Gasteiger partial charge in [-0.05, 0) is 38.1 Å². The molecule has 0 aliphatic rings. The van der Waals surface area contributed by atoms with Gasteiger partial charge >= 0.3 is 0 Å². The lowest BCUT2D eigenvalue weighted by molar-refractivity contribution is -0.127. The third-order valence-corrected chi connectivity index (χ3v) is 3.13. The monoisotopic (exact) mass is 296 g/mol. The largest absolute Gasteiger partial charge is 0.381 e. The van der Waals surface area contributed by atoms with Crippen molar-refractivity contribution in [3.05, 3.63) is 25.6 Å². The van der Waals surface area contributed by atoms with Gasteiger partial charge in [-0.3, -0.25) is 9.59 Å². The Bertz CT molecular complexity index is 310. The molecule has 21 heavy (non-hydrogen) atoms. The summed E-state index contributed by atoms with van der Waals surface area (Å²) in [5.41, 5.74) is 0. The van der Waals surface area contributed by atoms with Gasteiger partial charge in [0.15, 0.2) is 0 Å². The van der Waals surface area contributed by atoms with E-state index in [9.17, 15) is 9.59 Å². The maximum atomic E-state index is 11.1. The normalized spacial score (nSPS) is 10.0. The quantitative estimate of drug-likeness (QED) is 0.520. The van der Waals surface area contributed by atoms with Gasteiger partial charge in [0.05, 0.1) is 0 Å². The van der Waals surface area contributed by atoms with Crippen molar-refractivity contribution in [2.24, 2.45) is 0 Å². The molecule has 0 spiro atoms. The summed E-state index contributed by atoms with van der Waals surface area (Å²) in [7, 11) is 0. The number of ether oxygens (including phenoxy) is 1. The molecule has 2 amide bonds. The summed E-state index contributed by atoms with van der Waals surface area (Å²) in [6, 6.07) is 0. The predicted molar refractivity (Wildman–Crippen MR) is 84.5 cm³/mol. The molecule has 0 bridgehead atoms. The summed E-state index contributed by atoms with van der Waals surface area (Å²) in [4.78, 5) is 25.5. The molecule has 120 valence electrons. The van der Waals surface area contributed by atoms with Gasteiger partial charge in [-0.15, -0.1) is 0 Å². The molecule has 0 saturated heterocycles. The van der Waals surface area contributed by atoms with Gasteiger partial charge in [0.2, 0.25) is 11.8 Å². The lowest BCUT2D eigenvalue weighted by atomic mass is 10.3. The summed E-state index contributed by atoms with van der Waals surface area (Å²) < 4.78 is 5.53. The Hall–Kier alpha value is -1.62. The fraction of sp³-hybridized carbons (Fsp3) is 0.625. The molecule has 0 N–H and O–H groups in total. The molecular weight excluding hydrogens is 268 g/mol. The van der Waals surface area contributed by atoms with E-state index in [1.165, 1.54) is 13.8 Å². The average molecular weight is 296 g/mol. The zero-order valence-electron chi connectivity index (χ0n) is 13.3. The Morgan fingerprint density at radius 2 is 1.24 bits per heavy atom. The summed E-state index contributed by atoms with van der Waals surface area (Å²) in [6.45, 7) is 13.0. The van der Waals surface area contributed by atoms with E-state index in [-0.39, 0.29) is 11.8 Å². The number of rotatable bonds is 12. The summed E-state index contributed by atoms with van der Waals surface area (Å²) in [5, 5.41) is 0. The van der Waals surface area contributed by atoms with Crippen LogP contribution in [0.25, 0.3) is 0 Å². The first-order valence-electron chi connectivity index (χ1n) is 7.40. The van der Waals surface area contributed by atoms with E-state index >= 15 is 0 Å². The number of hydrogen-bond donors (Lipinski definition) is 0. The highest BCUT2D eigenvalue weighted by atomic mass is 16.5. The molecule has 0 fully saturated rings. The number of hydrogen-bond acceptors (Lipinski definition) is 3. The van der Waals surface area contributed by atoms with Crippen LogP contribution in [0.1, 0.15) is 39.5 Å². The van der Waals surface area contributed by atoms with E-state index in [4.69, 9.17) is 4.74 Å². The molecule has 0 heterocycles. The number of amides is 2. The molecule has 0 aromatic carbocycles. The second-order valence-corrected chi connectivity index (χ2v) is 4.82. The minimum absolute atomic E-state index is 0.0168. The highest BCUT2D eigenvalue weighted by Crippen LogP contribution is 2.00. The van der Waals surface area contributed by atoms with Crippen LogP contribution in [0.4, 0.5) is 0 Å². The minimum Gasteiger partial charge on any atom is -0.381 e. The molecule has 0 rings (SSSR count). The Morgan fingerprint density at radius 3 is 1.52 bits per heavy atom. The Labute approximate surface area is 128 Å². The van der Waals surface area contributed by atoms with E-state index in [0.29, 0.717) is 26.3 Å². The van der Waals surface area contributed by atoms with Crippen molar-refractivity contribution in [3.63, 3.8) is 0 Å². The van der Waals surface area contributed by atoms with Gasteiger partial charge in [-0.25, -0.2) is 0 Å². The SMILES string of the molecule is C=CN(CCCCOCCCCN(C=C)C(C)=O)C(C)=O. The Morgan fingerprint density at radius 1 is 0.857 bits per heavy atom. The standard InChI is InChI=1S/C16H28N2O3/c1-5-17(15(3)19)11-7-9-13-21-14-10-8-12-18(6-2)16(4)20/h5-6H,1-2,7-14H2,3-4H3. The minimum atomic E-state index is 0.0168. The fourth-order valence-corrected chi connectivity index (χ4v) is 1.83. The van der Waals surface area contributed by atoms with Crippen LogP contribution in [-0.2, 0) is 14.3 Å². The van der Waals surface area contributed by atoms with Crippen LogP contribution < -0.4 is 0 Å². The topological polar surface area (TPSA) is 49.9 Å². The van der Waals surface area contributed by atoms with Gasteiger partial charge in [0, 0.05) is 40.2 Å². The first-order valence-corrected chi connectivity index (χ1v) is 7.40. The van der Waals surface area contributed by atoms with Crippen LogP contribution in [0.15, 0.2) is 25.6 Å². The molecule has 5 heteroatoms. The summed E-state index contributed by atoms with van der Waals surface area (Å²) in [6.07, 6.45) is 6.77. The molecule has 0 saturated carbocycles. The Balaban J connectivity index is 3.44. The number of carbonyl (C=O) groups excluding carboxylic acids is 2. The van der Waals surface area contributed by atoms with Crippen LogP contribution >= 0.6 is 0 Å². The molecule has 0 aromatic rings. The van der Waals surface area contributed by atoms with E-state index in [1.54, 1.807) is 22.2 Å². The second-order valence-electron chi connectivity index (χ2n) is 4.82. The number of carbonyl (C=O) groups is 2. The average Bonchev–Trinajstić information content (AvgIpc) is 2.44. The molecule has 0 unspecified atom stereocenters. The smallest absolute Gasteiger partial charge is 0.223 e. The van der Waals surface area contributed by atoms with Crippen LogP contribution in [0.5, 0.6) is 0 Å². The van der Waals surface area contributed by atoms with Gasteiger partial charge in [-0.1, -0.05) is 13.2 Å². The first kappa shape index (κ1) is 19.4. The van der Waals surface area contributed by atoms with Gasteiger partial charge in [0.25, 0.3) is 0 Å². The third-order valence-electron chi connectivity index (χ3n) is 3.13. The molecule has 0 aliphatic carbocycles. The van der Waals surface area contributed by atoms with Crippen molar-refractivity contribution in [1.29, 1.82) is 0 Å². The molecule has 0 radical (unpaired) electrons. The first-order chi connectivity index (χ1) is 10.0. The zero-order valence-corrected chi connectivity index (χ0v) is 13.3. The van der Waals surface area contributed by atoms with Crippen molar-refractivity contribution in [3.8, 4) is 0 Å². The van der Waals surface area contributed by atoms with E-state index in [1.807, 2.05) is 0 Å². The van der Waals surface area contributed by atoms with Crippen LogP contribution in [-0.4, -0.2) is 47.9 Å². The van der Waals surface area contributed by atoms with Crippen molar-refractivity contribution in [2.75, 3.05) is 26.3 Å². The van der Waals surface area contributed by atoms with Crippen molar-refractivity contribution in [1.82, 2.24) is 9.80 Å². The van der Waals surface area contributed by atoms with Crippen molar-refractivity contribution >= 4 is 11.8 Å². The highest BCUT2D eigenvalue weighted by Gasteiger charge is 2.04. The van der Waals surface area contributed by atoms with E-state index in [0.717, 1.165) is 25.7 Å². The van der Waals surface area contributed by atoms with Crippen LogP contribution in [0.2, 0.25) is 0 Å². The van der Waals surface area contributed by atoms with Crippen molar-refractivity contribution < 1.29 is 14.3 Å². The van der Waals surface area contributed by atoms with E-state index < -0.39 is 0 Å².